The van der Waals surface area contributed by atoms with Gasteiger partial charge in [0.25, 0.3) is 0 Å². The highest BCUT2D eigenvalue weighted by Crippen LogP contribution is 1.80. The molecule has 0 aromatic rings. The number of nitriles is 1. The average Bonchev–Trinajstić information content (AvgIpc) is 1.85. The van der Waals surface area contributed by atoms with Gasteiger partial charge in [-0.1, -0.05) is 6.58 Å². The van der Waals surface area contributed by atoms with Gasteiger partial charge in [0.2, 0.25) is 0 Å². The van der Waals surface area contributed by atoms with Crippen molar-refractivity contribution in [1.82, 2.24) is 0 Å². The summed E-state index contributed by atoms with van der Waals surface area (Å²) < 4.78 is 0. The fourth-order valence-corrected chi connectivity index (χ4v) is 0.351. The minimum atomic E-state index is -0.0625. The lowest BCUT2D eigenvalue weighted by atomic mass is 10.2. The summed E-state index contributed by atoms with van der Waals surface area (Å²) in [5, 5.41) is 7.51. The molecule has 0 aromatic carbocycles. The third-order valence-electron chi connectivity index (χ3n) is 0.589. The SMILES string of the molecule is C=CC#N.CC(=O)CC(C)=O. The number of nitrogens with zero attached hydrogens (tertiary/aromatic N) is 1. The fourth-order valence-electron chi connectivity index (χ4n) is 0.351. The normalized spacial score (nSPS) is 6.64. The summed E-state index contributed by atoms with van der Waals surface area (Å²) in [5.74, 6) is -0.125. The quantitative estimate of drug-likeness (QED) is 0.443. The average molecular weight is 153 g/mol. The summed E-state index contributed by atoms with van der Waals surface area (Å²) in [5.41, 5.74) is 0. The van der Waals surface area contributed by atoms with Crippen molar-refractivity contribution in [3.05, 3.63) is 12.7 Å². The number of rotatable bonds is 2. The molecule has 0 fully saturated rings. The van der Waals surface area contributed by atoms with Crippen LogP contribution in [0.25, 0.3) is 0 Å². The Balaban J connectivity index is 0. The van der Waals surface area contributed by atoms with Gasteiger partial charge in [-0.3, -0.25) is 9.59 Å². The molecule has 0 N–H and O–H groups in total. The maximum Gasteiger partial charge on any atom is 0.137 e. The summed E-state index contributed by atoms with van der Waals surface area (Å²) in [6.45, 7) is 5.93. The highest BCUT2D eigenvalue weighted by molar-refractivity contribution is 5.96. The zero-order chi connectivity index (χ0) is 9.28. The van der Waals surface area contributed by atoms with Crippen LogP contribution in [0.5, 0.6) is 0 Å². The first kappa shape index (κ1) is 12.3. The van der Waals surface area contributed by atoms with E-state index in [0.29, 0.717) is 0 Å². The number of hydrogen-bond acceptors (Lipinski definition) is 3. The van der Waals surface area contributed by atoms with Gasteiger partial charge in [-0.05, 0) is 13.8 Å². The van der Waals surface area contributed by atoms with E-state index in [1.165, 1.54) is 19.9 Å². The largest absolute Gasteiger partial charge is 0.300 e. The van der Waals surface area contributed by atoms with Crippen LogP contribution in [-0.4, -0.2) is 11.6 Å². The Hall–Kier alpha value is -1.43. The predicted octanol–water partition coefficient (Wildman–Crippen LogP) is 1.25. The van der Waals surface area contributed by atoms with Crippen LogP contribution >= 0.6 is 0 Å². The second-order valence-electron chi connectivity index (χ2n) is 1.91. The Labute approximate surface area is 66.3 Å². The molecule has 0 unspecified atom stereocenters. The summed E-state index contributed by atoms with van der Waals surface area (Å²) in [4.78, 5) is 20.1. The van der Waals surface area contributed by atoms with E-state index in [1.54, 1.807) is 6.07 Å². The highest BCUT2D eigenvalue weighted by atomic mass is 16.1. The van der Waals surface area contributed by atoms with Crippen molar-refractivity contribution in [2.75, 3.05) is 0 Å². The molecular formula is C8H11NO2. The minimum absolute atomic E-state index is 0.0625. The molecule has 0 rings (SSSR count). The lowest BCUT2D eigenvalue weighted by molar-refractivity contribution is -0.124. The molecular weight excluding hydrogens is 142 g/mol. The van der Waals surface area contributed by atoms with Crippen LogP contribution in [0.1, 0.15) is 20.3 Å². The van der Waals surface area contributed by atoms with Crippen molar-refractivity contribution in [2.24, 2.45) is 0 Å². The van der Waals surface area contributed by atoms with Crippen molar-refractivity contribution < 1.29 is 9.59 Å². The molecule has 0 bridgehead atoms. The molecule has 0 spiro atoms. The number of hydrogen-bond donors (Lipinski definition) is 0. The molecule has 0 saturated carbocycles. The molecule has 0 heterocycles. The molecule has 0 aromatic heterocycles. The molecule has 11 heavy (non-hydrogen) atoms. The molecule has 0 atom stereocenters. The highest BCUT2D eigenvalue weighted by Gasteiger charge is 1.94. The topological polar surface area (TPSA) is 57.9 Å². The van der Waals surface area contributed by atoms with Crippen LogP contribution in [0.2, 0.25) is 0 Å². The van der Waals surface area contributed by atoms with E-state index < -0.39 is 0 Å². The molecule has 0 amide bonds. The van der Waals surface area contributed by atoms with Crippen LogP contribution in [0.15, 0.2) is 12.7 Å². The molecule has 0 saturated heterocycles. The van der Waals surface area contributed by atoms with E-state index in [9.17, 15) is 9.59 Å². The van der Waals surface area contributed by atoms with Gasteiger partial charge in [0.1, 0.15) is 11.6 Å². The van der Waals surface area contributed by atoms with Gasteiger partial charge in [0.15, 0.2) is 0 Å². The lowest BCUT2D eigenvalue weighted by Gasteiger charge is -1.81. The minimum Gasteiger partial charge on any atom is -0.300 e. The molecule has 0 radical (unpaired) electrons. The molecule has 0 aliphatic carbocycles. The first-order valence-corrected chi connectivity index (χ1v) is 3.04. The first-order chi connectivity index (χ1) is 5.04. The zero-order valence-electron chi connectivity index (χ0n) is 6.76. The Kier molecular flexibility index (Phi) is 9.56. The van der Waals surface area contributed by atoms with Gasteiger partial charge < -0.3 is 0 Å². The standard InChI is InChI=1S/C5H8O2.C3H3N/c1-4(6)3-5(2)7;1-2-3-4/h3H2,1-2H3;2H,1H2. The maximum atomic E-state index is 10.0. The lowest BCUT2D eigenvalue weighted by Crippen LogP contribution is -1.97. The molecule has 0 aliphatic rings. The van der Waals surface area contributed by atoms with Crippen LogP contribution in [0, 0.1) is 11.3 Å². The van der Waals surface area contributed by atoms with E-state index in [0.717, 1.165) is 0 Å². The maximum absolute atomic E-state index is 10.0. The second kappa shape index (κ2) is 8.57. The summed E-state index contributed by atoms with van der Waals surface area (Å²) in [7, 11) is 0. The number of allylic oxidation sites excluding steroid dienone is 1. The van der Waals surface area contributed by atoms with E-state index in [2.05, 4.69) is 6.58 Å². The Morgan fingerprint density at radius 2 is 1.73 bits per heavy atom. The van der Waals surface area contributed by atoms with Crippen molar-refractivity contribution in [2.45, 2.75) is 20.3 Å². The second-order valence-corrected chi connectivity index (χ2v) is 1.91. The molecule has 3 nitrogen and oxygen atoms in total. The van der Waals surface area contributed by atoms with Gasteiger partial charge in [0.05, 0.1) is 12.5 Å². The first-order valence-electron chi connectivity index (χ1n) is 3.04. The number of ketones is 2. The number of carbonyl (C=O) groups excluding carboxylic acids is 2. The third kappa shape index (κ3) is 29.0. The third-order valence-corrected chi connectivity index (χ3v) is 0.589. The zero-order valence-corrected chi connectivity index (χ0v) is 6.76. The number of Topliss-reactive ketones (excluding diaryl/α,β-unsaturated/α-hetero) is 2. The van der Waals surface area contributed by atoms with Crippen molar-refractivity contribution in [3.63, 3.8) is 0 Å². The smallest absolute Gasteiger partial charge is 0.137 e. The van der Waals surface area contributed by atoms with Crippen LogP contribution in [0.3, 0.4) is 0 Å². The molecule has 3 heteroatoms. The Morgan fingerprint density at radius 1 is 1.45 bits per heavy atom. The van der Waals surface area contributed by atoms with Gasteiger partial charge in [-0.2, -0.15) is 5.26 Å². The van der Waals surface area contributed by atoms with Crippen LogP contribution in [-0.2, 0) is 9.59 Å². The van der Waals surface area contributed by atoms with Gasteiger partial charge in [-0.25, -0.2) is 0 Å². The van der Waals surface area contributed by atoms with Crippen molar-refractivity contribution in [1.29, 1.82) is 5.26 Å². The van der Waals surface area contributed by atoms with Gasteiger partial charge in [0, 0.05) is 6.08 Å². The molecule has 60 valence electrons. The van der Waals surface area contributed by atoms with Gasteiger partial charge >= 0.3 is 0 Å². The van der Waals surface area contributed by atoms with Crippen LogP contribution < -0.4 is 0 Å². The van der Waals surface area contributed by atoms with Crippen molar-refractivity contribution >= 4 is 11.6 Å². The van der Waals surface area contributed by atoms with E-state index in [1.807, 2.05) is 0 Å². The Bertz CT molecular complexity index is 177. The van der Waals surface area contributed by atoms with Crippen LogP contribution in [0.4, 0.5) is 0 Å². The van der Waals surface area contributed by atoms with E-state index >= 15 is 0 Å². The summed E-state index contributed by atoms with van der Waals surface area (Å²) in [6.07, 6.45) is 1.26. The number of carbonyl (C=O) groups is 2. The predicted molar refractivity (Wildman–Crippen MR) is 41.8 cm³/mol. The summed E-state index contributed by atoms with van der Waals surface area (Å²) >= 11 is 0. The van der Waals surface area contributed by atoms with Gasteiger partial charge in [-0.15, -0.1) is 0 Å². The molecule has 0 aliphatic heterocycles. The van der Waals surface area contributed by atoms with E-state index in [4.69, 9.17) is 5.26 Å². The summed E-state index contributed by atoms with van der Waals surface area (Å²) in [6, 6.07) is 1.69. The van der Waals surface area contributed by atoms with E-state index in [-0.39, 0.29) is 18.0 Å². The fraction of sp³-hybridized carbons (Fsp3) is 0.375. The monoisotopic (exact) mass is 153 g/mol. The Morgan fingerprint density at radius 3 is 1.73 bits per heavy atom. The van der Waals surface area contributed by atoms with Crippen molar-refractivity contribution in [3.8, 4) is 6.07 Å².